The number of nitrogens with one attached hydrogen (secondary N) is 1. The van der Waals surface area contributed by atoms with Crippen LogP contribution in [-0.2, 0) is 0 Å². The maximum atomic E-state index is 7.43. The standard InChI is InChI=1S/C13H20N2O/c1-4-11(13(14)15)16-12-8-6-5-7-10(12)9(2)3/h5-9,11H,4H2,1-3H3,(H3,14,15). The monoisotopic (exact) mass is 220 g/mol. The second kappa shape index (κ2) is 5.54. The molecule has 1 atom stereocenters. The maximum Gasteiger partial charge on any atom is 0.155 e. The van der Waals surface area contributed by atoms with Gasteiger partial charge in [0.15, 0.2) is 6.10 Å². The molecule has 0 heterocycles. The van der Waals surface area contributed by atoms with Crippen LogP contribution in [0.5, 0.6) is 5.75 Å². The lowest BCUT2D eigenvalue weighted by molar-refractivity contribution is 0.257. The Hall–Kier alpha value is -1.51. The molecule has 0 aromatic heterocycles. The van der Waals surface area contributed by atoms with E-state index in [9.17, 15) is 0 Å². The van der Waals surface area contributed by atoms with E-state index in [1.165, 1.54) is 0 Å². The molecule has 88 valence electrons. The van der Waals surface area contributed by atoms with E-state index in [1.54, 1.807) is 0 Å². The first kappa shape index (κ1) is 12.6. The van der Waals surface area contributed by atoms with E-state index in [-0.39, 0.29) is 11.9 Å². The summed E-state index contributed by atoms with van der Waals surface area (Å²) in [5.74, 6) is 1.32. The number of amidine groups is 1. The van der Waals surface area contributed by atoms with Crippen LogP contribution >= 0.6 is 0 Å². The maximum absolute atomic E-state index is 7.43. The van der Waals surface area contributed by atoms with Crippen LogP contribution in [0.1, 0.15) is 38.7 Å². The smallest absolute Gasteiger partial charge is 0.155 e. The summed E-state index contributed by atoms with van der Waals surface area (Å²) in [5, 5.41) is 7.43. The normalized spacial score (nSPS) is 12.5. The molecule has 0 aliphatic carbocycles. The molecule has 3 N–H and O–H groups in total. The Kier molecular flexibility index (Phi) is 4.35. The Balaban J connectivity index is 2.91. The van der Waals surface area contributed by atoms with E-state index in [2.05, 4.69) is 13.8 Å². The molecule has 1 unspecified atom stereocenters. The number of nitrogens with two attached hydrogens (primary N) is 1. The molecule has 0 fully saturated rings. The van der Waals surface area contributed by atoms with Crippen LogP contribution in [-0.4, -0.2) is 11.9 Å². The molecule has 0 saturated heterocycles. The average molecular weight is 220 g/mol. The Morgan fingerprint density at radius 2 is 2.00 bits per heavy atom. The minimum Gasteiger partial charge on any atom is -0.482 e. The van der Waals surface area contributed by atoms with Crippen molar-refractivity contribution in [2.24, 2.45) is 5.73 Å². The zero-order valence-corrected chi connectivity index (χ0v) is 10.2. The fourth-order valence-corrected chi connectivity index (χ4v) is 1.58. The van der Waals surface area contributed by atoms with Gasteiger partial charge in [-0.2, -0.15) is 0 Å². The summed E-state index contributed by atoms with van der Waals surface area (Å²) in [5.41, 5.74) is 6.63. The number of ether oxygens (including phenoxy) is 1. The predicted molar refractivity (Wildman–Crippen MR) is 67.2 cm³/mol. The molecular weight excluding hydrogens is 200 g/mol. The van der Waals surface area contributed by atoms with Crippen LogP contribution in [0.2, 0.25) is 0 Å². The molecular formula is C13H20N2O. The van der Waals surface area contributed by atoms with Gasteiger partial charge < -0.3 is 10.5 Å². The molecule has 0 bridgehead atoms. The van der Waals surface area contributed by atoms with Crippen LogP contribution in [0.15, 0.2) is 24.3 Å². The van der Waals surface area contributed by atoms with Crippen molar-refractivity contribution in [3.05, 3.63) is 29.8 Å². The van der Waals surface area contributed by atoms with E-state index in [0.717, 1.165) is 11.3 Å². The lowest BCUT2D eigenvalue weighted by Gasteiger charge is -2.19. The number of rotatable bonds is 5. The van der Waals surface area contributed by atoms with Crippen LogP contribution in [0.4, 0.5) is 0 Å². The van der Waals surface area contributed by atoms with E-state index in [4.69, 9.17) is 15.9 Å². The summed E-state index contributed by atoms with van der Waals surface area (Å²) in [6.07, 6.45) is 0.391. The molecule has 1 aromatic rings. The summed E-state index contributed by atoms with van der Waals surface area (Å²) in [4.78, 5) is 0. The van der Waals surface area contributed by atoms with E-state index >= 15 is 0 Å². The van der Waals surface area contributed by atoms with Crippen molar-refractivity contribution in [2.45, 2.75) is 39.2 Å². The van der Waals surface area contributed by atoms with Crippen LogP contribution in [0, 0.1) is 5.41 Å². The highest BCUT2D eigenvalue weighted by atomic mass is 16.5. The van der Waals surface area contributed by atoms with Gasteiger partial charge in [0.1, 0.15) is 11.6 Å². The molecule has 0 radical (unpaired) electrons. The first-order valence-electron chi connectivity index (χ1n) is 5.65. The third-order valence-corrected chi connectivity index (χ3v) is 2.53. The highest BCUT2D eigenvalue weighted by Crippen LogP contribution is 2.27. The van der Waals surface area contributed by atoms with Crippen molar-refractivity contribution in [1.82, 2.24) is 0 Å². The van der Waals surface area contributed by atoms with Gasteiger partial charge in [-0.3, -0.25) is 5.41 Å². The van der Waals surface area contributed by atoms with Gasteiger partial charge in [-0.15, -0.1) is 0 Å². The molecule has 0 saturated carbocycles. The lowest BCUT2D eigenvalue weighted by Crippen LogP contribution is -2.32. The average Bonchev–Trinajstić information content (AvgIpc) is 2.25. The summed E-state index contributed by atoms with van der Waals surface area (Å²) < 4.78 is 5.77. The highest BCUT2D eigenvalue weighted by Gasteiger charge is 2.14. The van der Waals surface area contributed by atoms with Crippen molar-refractivity contribution < 1.29 is 4.74 Å². The van der Waals surface area contributed by atoms with E-state index < -0.39 is 0 Å². The van der Waals surface area contributed by atoms with Crippen LogP contribution in [0.25, 0.3) is 0 Å². The first-order chi connectivity index (χ1) is 7.56. The SMILES string of the molecule is CCC(Oc1ccccc1C(C)C)C(=N)N. The molecule has 0 spiro atoms. The molecule has 0 amide bonds. The van der Waals surface area contributed by atoms with Gasteiger partial charge in [0, 0.05) is 0 Å². The fraction of sp³-hybridized carbons (Fsp3) is 0.462. The molecule has 0 aliphatic rings. The number of hydrogen-bond acceptors (Lipinski definition) is 2. The van der Waals surface area contributed by atoms with Crippen molar-refractivity contribution in [1.29, 1.82) is 5.41 Å². The van der Waals surface area contributed by atoms with Gasteiger partial charge in [-0.05, 0) is 24.0 Å². The van der Waals surface area contributed by atoms with Crippen LogP contribution < -0.4 is 10.5 Å². The van der Waals surface area contributed by atoms with Gasteiger partial charge in [0.05, 0.1) is 0 Å². The zero-order chi connectivity index (χ0) is 12.1. The Bertz CT molecular complexity index is 361. The summed E-state index contributed by atoms with van der Waals surface area (Å²) in [6.45, 7) is 6.21. The van der Waals surface area contributed by atoms with Gasteiger partial charge >= 0.3 is 0 Å². The Morgan fingerprint density at radius 1 is 1.38 bits per heavy atom. The molecule has 3 nitrogen and oxygen atoms in total. The Labute approximate surface area is 97.1 Å². The Morgan fingerprint density at radius 3 is 2.50 bits per heavy atom. The van der Waals surface area contributed by atoms with Gasteiger partial charge in [-0.1, -0.05) is 39.0 Å². The second-order valence-electron chi connectivity index (χ2n) is 4.16. The largest absolute Gasteiger partial charge is 0.482 e. The van der Waals surface area contributed by atoms with E-state index in [1.807, 2.05) is 31.2 Å². The lowest BCUT2D eigenvalue weighted by atomic mass is 10.0. The summed E-state index contributed by atoms with van der Waals surface area (Å²) in [7, 11) is 0. The number of para-hydroxylation sites is 1. The van der Waals surface area contributed by atoms with Crippen molar-refractivity contribution in [3.8, 4) is 5.75 Å². The third-order valence-electron chi connectivity index (χ3n) is 2.53. The highest BCUT2D eigenvalue weighted by molar-refractivity contribution is 5.82. The van der Waals surface area contributed by atoms with Gasteiger partial charge in [0.25, 0.3) is 0 Å². The van der Waals surface area contributed by atoms with Crippen molar-refractivity contribution in [3.63, 3.8) is 0 Å². The molecule has 0 aliphatic heterocycles. The van der Waals surface area contributed by atoms with Crippen LogP contribution in [0.3, 0.4) is 0 Å². The molecule has 16 heavy (non-hydrogen) atoms. The van der Waals surface area contributed by atoms with Gasteiger partial charge in [0.2, 0.25) is 0 Å². The topological polar surface area (TPSA) is 59.1 Å². The van der Waals surface area contributed by atoms with Gasteiger partial charge in [-0.25, -0.2) is 0 Å². The fourth-order valence-electron chi connectivity index (χ4n) is 1.58. The molecule has 1 aromatic carbocycles. The molecule has 1 rings (SSSR count). The number of benzene rings is 1. The number of hydrogen-bond donors (Lipinski definition) is 2. The zero-order valence-electron chi connectivity index (χ0n) is 10.2. The second-order valence-corrected chi connectivity index (χ2v) is 4.16. The van der Waals surface area contributed by atoms with Crippen molar-refractivity contribution in [2.75, 3.05) is 0 Å². The van der Waals surface area contributed by atoms with Crippen molar-refractivity contribution >= 4 is 5.84 Å². The van der Waals surface area contributed by atoms with E-state index in [0.29, 0.717) is 12.3 Å². The first-order valence-corrected chi connectivity index (χ1v) is 5.65. The summed E-state index contributed by atoms with van der Waals surface area (Å²) >= 11 is 0. The minimum absolute atomic E-state index is 0.0843. The quantitative estimate of drug-likeness (QED) is 0.592. The minimum atomic E-state index is -0.320. The molecule has 3 heteroatoms. The summed E-state index contributed by atoms with van der Waals surface area (Å²) in [6, 6.07) is 7.92. The third kappa shape index (κ3) is 2.99. The predicted octanol–water partition coefficient (Wildman–Crippen LogP) is 2.90.